The van der Waals surface area contributed by atoms with Crippen LogP contribution in [0.1, 0.15) is 0 Å². The van der Waals surface area contributed by atoms with Crippen molar-refractivity contribution in [3.63, 3.8) is 0 Å². The molecule has 0 N–H and O–H groups in total. The fraction of sp³-hybridized carbons (Fsp3) is 0. The molecular weight excluding hydrogens is 659 g/mol. The average Bonchev–Trinajstić information content (AvgIpc) is 3.96. The molecule has 0 spiro atoms. The molecule has 0 aliphatic heterocycles. The van der Waals surface area contributed by atoms with Gasteiger partial charge in [-0.3, -0.25) is 4.57 Å². The number of hydrogen-bond acceptors (Lipinski definition) is 1. The third kappa shape index (κ3) is 4.08. The monoisotopic (exact) mass is 689 g/mol. The van der Waals surface area contributed by atoms with Gasteiger partial charge in [-0.2, -0.15) is 0 Å². The van der Waals surface area contributed by atoms with E-state index in [9.17, 15) is 0 Å². The van der Waals surface area contributed by atoms with E-state index in [4.69, 9.17) is 4.42 Å². The summed E-state index contributed by atoms with van der Waals surface area (Å²) < 4.78 is 13.7. The van der Waals surface area contributed by atoms with Gasteiger partial charge < -0.3 is 13.6 Å². The Hall–Kier alpha value is -7.30. The molecule has 4 aromatic heterocycles. The molecule has 4 heteroatoms. The Morgan fingerprint density at radius 2 is 0.759 bits per heavy atom. The topological polar surface area (TPSA) is 27.9 Å². The van der Waals surface area contributed by atoms with Crippen LogP contribution in [0.2, 0.25) is 0 Å². The third-order valence-corrected chi connectivity index (χ3v) is 11.2. The second kappa shape index (κ2) is 11.1. The molecule has 54 heavy (non-hydrogen) atoms. The average molecular weight is 690 g/mol. The first kappa shape index (κ1) is 29.3. The molecule has 0 aliphatic rings. The summed E-state index contributed by atoms with van der Waals surface area (Å²) in [6, 6.07) is 67.7. The van der Waals surface area contributed by atoms with E-state index in [0.29, 0.717) is 0 Å². The summed E-state index contributed by atoms with van der Waals surface area (Å²) >= 11 is 0. The molecule has 0 aliphatic carbocycles. The number of fused-ring (bicyclic) bond motifs is 11. The molecule has 0 radical (unpaired) electrons. The van der Waals surface area contributed by atoms with E-state index in [1.165, 1.54) is 54.6 Å². The van der Waals surface area contributed by atoms with Crippen molar-refractivity contribution in [1.82, 2.24) is 13.7 Å². The van der Waals surface area contributed by atoms with Gasteiger partial charge in [-0.1, -0.05) is 103 Å². The predicted molar refractivity (Wildman–Crippen MR) is 225 cm³/mol. The lowest BCUT2D eigenvalue weighted by atomic mass is 10.0. The van der Waals surface area contributed by atoms with Gasteiger partial charge in [0.2, 0.25) is 5.71 Å². The van der Waals surface area contributed by atoms with Crippen molar-refractivity contribution in [3.8, 4) is 28.2 Å². The molecule has 4 nitrogen and oxygen atoms in total. The van der Waals surface area contributed by atoms with Crippen molar-refractivity contribution in [2.75, 3.05) is 0 Å². The minimum absolute atomic E-state index is 0.869. The van der Waals surface area contributed by atoms with Crippen LogP contribution in [0.5, 0.6) is 0 Å². The van der Waals surface area contributed by atoms with Crippen LogP contribution in [0.25, 0.3) is 105 Å². The maximum absolute atomic E-state index is 6.66. The van der Waals surface area contributed by atoms with E-state index >= 15 is 0 Å². The molecule has 12 rings (SSSR count). The molecule has 0 bridgehead atoms. The maximum Gasteiger partial charge on any atom is 0.213 e. The highest BCUT2D eigenvalue weighted by Crippen LogP contribution is 2.42. The standard InChI is InChI=1S/C50H31N3O/c1-3-13-34(14-4-1)51-46-26-23-32(29-40(46)41-31-36(25-27-47(41)51)52-43-20-10-7-17-37(43)38-18-8-11-21-44(38)52)33-24-28-48-42(30-33)49-39-19-9-12-22-45(39)53(50(49)54-48)35-15-5-2-6-16-35/h1-31H. The van der Waals surface area contributed by atoms with Gasteiger partial charge in [-0.25, -0.2) is 0 Å². The zero-order valence-corrected chi connectivity index (χ0v) is 29.1. The first-order chi connectivity index (χ1) is 26.8. The van der Waals surface area contributed by atoms with Crippen molar-refractivity contribution < 1.29 is 4.42 Å². The van der Waals surface area contributed by atoms with Gasteiger partial charge in [-0.15, -0.1) is 0 Å². The van der Waals surface area contributed by atoms with Crippen molar-refractivity contribution in [3.05, 3.63) is 188 Å². The third-order valence-electron chi connectivity index (χ3n) is 11.2. The highest BCUT2D eigenvalue weighted by atomic mass is 16.3. The van der Waals surface area contributed by atoms with Gasteiger partial charge >= 0.3 is 0 Å². The summed E-state index contributed by atoms with van der Waals surface area (Å²) in [6.45, 7) is 0. The minimum atomic E-state index is 0.869. The largest absolute Gasteiger partial charge is 0.439 e. The van der Waals surface area contributed by atoms with Crippen LogP contribution in [0, 0.1) is 0 Å². The van der Waals surface area contributed by atoms with Crippen LogP contribution in [-0.4, -0.2) is 13.7 Å². The molecule has 0 amide bonds. The Kier molecular flexibility index (Phi) is 6.02. The number of benzene rings is 8. The molecule has 0 unspecified atom stereocenters. The zero-order chi connectivity index (χ0) is 35.3. The normalized spacial score (nSPS) is 12.1. The van der Waals surface area contributed by atoms with E-state index in [-0.39, 0.29) is 0 Å². The van der Waals surface area contributed by atoms with E-state index in [1.807, 2.05) is 0 Å². The summed E-state index contributed by atoms with van der Waals surface area (Å²) in [7, 11) is 0. The minimum Gasteiger partial charge on any atom is -0.439 e. The van der Waals surface area contributed by atoms with Crippen LogP contribution in [-0.2, 0) is 0 Å². The summed E-state index contributed by atoms with van der Waals surface area (Å²) in [6.07, 6.45) is 0. The Morgan fingerprint density at radius 3 is 1.43 bits per heavy atom. The highest BCUT2D eigenvalue weighted by molar-refractivity contribution is 6.21. The quantitative estimate of drug-likeness (QED) is 0.181. The first-order valence-corrected chi connectivity index (χ1v) is 18.4. The first-order valence-electron chi connectivity index (χ1n) is 18.4. The lowest BCUT2D eigenvalue weighted by Gasteiger charge is -2.10. The summed E-state index contributed by atoms with van der Waals surface area (Å²) in [5, 5.41) is 8.40. The number of aromatic nitrogens is 3. The van der Waals surface area contributed by atoms with E-state index in [2.05, 4.69) is 202 Å². The molecule has 0 saturated carbocycles. The number of rotatable bonds is 4. The second-order valence-electron chi connectivity index (χ2n) is 14.2. The lowest BCUT2D eigenvalue weighted by molar-refractivity contribution is 0.645. The van der Waals surface area contributed by atoms with Gasteiger partial charge in [0.05, 0.1) is 33.0 Å². The van der Waals surface area contributed by atoms with Crippen molar-refractivity contribution in [2.45, 2.75) is 0 Å². The Morgan fingerprint density at radius 1 is 0.296 bits per heavy atom. The van der Waals surface area contributed by atoms with E-state index in [1.54, 1.807) is 0 Å². The van der Waals surface area contributed by atoms with Gasteiger partial charge in [-0.05, 0) is 96.1 Å². The summed E-state index contributed by atoms with van der Waals surface area (Å²) in [4.78, 5) is 0. The Labute approximate surface area is 309 Å². The maximum atomic E-state index is 6.66. The SMILES string of the molecule is c1ccc(-n2c3ccc(-c4ccc5oc6c(c5c4)c4ccccc4n6-c4ccccc4)cc3c3cc(-n4c5ccccc5c5ccccc54)ccc32)cc1. The van der Waals surface area contributed by atoms with Crippen LogP contribution >= 0.6 is 0 Å². The molecular formula is C50H31N3O. The van der Waals surface area contributed by atoms with Crippen LogP contribution in [0.4, 0.5) is 0 Å². The van der Waals surface area contributed by atoms with Gasteiger partial charge in [0.15, 0.2) is 0 Å². The Bertz CT molecular complexity index is 3380. The van der Waals surface area contributed by atoms with Crippen molar-refractivity contribution in [2.24, 2.45) is 0 Å². The second-order valence-corrected chi connectivity index (χ2v) is 14.2. The molecule has 0 saturated heterocycles. The fourth-order valence-corrected chi connectivity index (χ4v) is 8.89. The van der Waals surface area contributed by atoms with Gasteiger partial charge in [0, 0.05) is 49.4 Å². The van der Waals surface area contributed by atoms with Crippen LogP contribution < -0.4 is 0 Å². The number of hydrogen-bond donors (Lipinski definition) is 0. The number of nitrogens with zero attached hydrogens (tertiary/aromatic N) is 3. The van der Waals surface area contributed by atoms with Crippen LogP contribution in [0.3, 0.4) is 0 Å². The predicted octanol–water partition coefficient (Wildman–Crippen LogP) is 13.4. The molecule has 0 fully saturated rings. The molecule has 0 atom stereocenters. The zero-order valence-electron chi connectivity index (χ0n) is 29.1. The Balaban J connectivity index is 1.10. The molecule has 8 aromatic carbocycles. The lowest BCUT2D eigenvalue weighted by Crippen LogP contribution is -1.95. The molecule has 12 aromatic rings. The molecule has 252 valence electrons. The van der Waals surface area contributed by atoms with Gasteiger partial charge in [0.25, 0.3) is 0 Å². The van der Waals surface area contributed by atoms with Crippen molar-refractivity contribution >= 4 is 76.6 Å². The van der Waals surface area contributed by atoms with Crippen molar-refractivity contribution in [1.29, 1.82) is 0 Å². The smallest absolute Gasteiger partial charge is 0.213 e. The van der Waals surface area contributed by atoms with E-state index < -0.39 is 0 Å². The molecule has 4 heterocycles. The number of furan rings is 1. The van der Waals surface area contributed by atoms with Gasteiger partial charge in [0.1, 0.15) is 5.58 Å². The summed E-state index contributed by atoms with van der Waals surface area (Å²) in [5.41, 5.74) is 13.4. The highest BCUT2D eigenvalue weighted by Gasteiger charge is 2.21. The summed E-state index contributed by atoms with van der Waals surface area (Å²) in [5.74, 6) is 0. The van der Waals surface area contributed by atoms with E-state index in [0.717, 1.165) is 50.2 Å². The fourth-order valence-electron chi connectivity index (χ4n) is 8.89. The number of para-hydroxylation sites is 5. The van der Waals surface area contributed by atoms with Crippen LogP contribution in [0.15, 0.2) is 192 Å².